The molecule has 1 saturated heterocycles. The third-order valence-corrected chi connectivity index (χ3v) is 4.29. The van der Waals surface area contributed by atoms with Crippen LogP contribution in [0.1, 0.15) is 33.3 Å². The van der Waals surface area contributed by atoms with Crippen LogP contribution in [0.25, 0.3) is 6.08 Å². The van der Waals surface area contributed by atoms with Crippen LogP contribution < -0.4 is 4.74 Å². The summed E-state index contributed by atoms with van der Waals surface area (Å²) in [5, 5.41) is -0.487. The van der Waals surface area contributed by atoms with E-state index in [9.17, 15) is 14.4 Å². The molecule has 0 aliphatic carbocycles. The normalized spacial score (nSPS) is 17.3. The number of thioether (sulfide) groups is 1. The van der Waals surface area contributed by atoms with Crippen molar-refractivity contribution >= 4 is 35.0 Å². The van der Waals surface area contributed by atoms with E-state index < -0.39 is 23.2 Å². The maximum Gasteiger partial charge on any atom is 0.329 e. The van der Waals surface area contributed by atoms with E-state index in [2.05, 4.69) is 0 Å². The Morgan fingerprint density at radius 1 is 1.24 bits per heavy atom. The zero-order chi connectivity index (χ0) is 18.6. The Morgan fingerprint density at radius 3 is 2.56 bits per heavy atom. The molecule has 7 heteroatoms. The maximum atomic E-state index is 12.6. The van der Waals surface area contributed by atoms with Gasteiger partial charge >= 0.3 is 5.97 Å². The maximum absolute atomic E-state index is 12.6. The molecule has 0 bridgehead atoms. The highest BCUT2D eigenvalue weighted by molar-refractivity contribution is 8.18. The topological polar surface area (TPSA) is 72.9 Å². The smallest absolute Gasteiger partial charge is 0.329 e. The monoisotopic (exact) mass is 363 g/mol. The van der Waals surface area contributed by atoms with Gasteiger partial charge in [0.05, 0.1) is 17.6 Å². The molecule has 2 amide bonds. The highest BCUT2D eigenvalue weighted by Gasteiger charge is 2.41. The fourth-order valence-electron chi connectivity index (χ4n) is 2.28. The van der Waals surface area contributed by atoms with Crippen molar-refractivity contribution in [2.75, 3.05) is 6.61 Å². The number of nitrogens with zero attached hydrogens (tertiary/aromatic N) is 1. The van der Waals surface area contributed by atoms with Gasteiger partial charge in [-0.3, -0.25) is 14.5 Å². The number of amides is 2. The second kappa shape index (κ2) is 8.20. The number of imide groups is 1. The van der Waals surface area contributed by atoms with Crippen LogP contribution in [-0.2, 0) is 14.3 Å². The van der Waals surface area contributed by atoms with Crippen LogP contribution in [0.5, 0.6) is 5.75 Å². The number of rotatable bonds is 6. The summed E-state index contributed by atoms with van der Waals surface area (Å²) in [6.45, 7) is 7.16. The summed E-state index contributed by atoms with van der Waals surface area (Å²) in [5.41, 5.74) is 0.700. The molecule has 6 nitrogen and oxygen atoms in total. The first-order valence-corrected chi connectivity index (χ1v) is 8.86. The Morgan fingerprint density at radius 2 is 1.92 bits per heavy atom. The van der Waals surface area contributed by atoms with Gasteiger partial charge in [-0.2, -0.15) is 0 Å². The van der Waals surface area contributed by atoms with Gasteiger partial charge in [-0.25, -0.2) is 4.79 Å². The van der Waals surface area contributed by atoms with Crippen LogP contribution in [0, 0.1) is 0 Å². The van der Waals surface area contributed by atoms with Crippen LogP contribution in [0.3, 0.4) is 0 Å². The number of carbonyl (C=O) groups is 3. The molecular weight excluding hydrogens is 342 g/mol. The van der Waals surface area contributed by atoms with E-state index in [1.165, 1.54) is 6.92 Å². The lowest BCUT2D eigenvalue weighted by atomic mass is 10.1. The molecule has 1 aliphatic heterocycles. The molecule has 134 valence electrons. The van der Waals surface area contributed by atoms with E-state index in [4.69, 9.17) is 9.47 Å². The minimum absolute atomic E-state index is 0.0200. The van der Waals surface area contributed by atoms with Crippen molar-refractivity contribution in [3.63, 3.8) is 0 Å². The molecular formula is C18H21NO5S. The number of hydrogen-bond acceptors (Lipinski definition) is 6. The summed E-state index contributed by atoms with van der Waals surface area (Å²) in [4.78, 5) is 37.8. The molecule has 0 N–H and O–H groups in total. The molecule has 1 unspecified atom stereocenters. The zero-order valence-corrected chi connectivity index (χ0v) is 15.5. The lowest BCUT2D eigenvalue weighted by Gasteiger charge is -2.19. The van der Waals surface area contributed by atoms with Crippen molar-refractivity contribution in [3.05, 3.63) is 34.7 Å². The van der Waals surface area contributed by atoms with Crippen molar-refractivity contribution in [2.24, 2.45) is 0 Å². The van der Waals surface area contributed by atoms with Gasteiger partial charge in [0.1, 0.15) is 11.8 Å². The minimum Gasteiger partial charge on any atom is -0.490 e. The van der Waals surface area contributed by atoms with Gasteiger partial charge in [-0.15, -0.1) is 0 Å². The second-order valence-electron chi connectivity index (χ2n) is 5.68. The van der Waals surface area contributed by atoms with Crippen LogP contribution in [-0.4, -0.2) is 40.8 Å². The Bertz CT molecular complexity index is 713. The van der Waals surface area contributed by atoms with E-state index in [-0.39, 0.29) is 17.6 Å². The minimum atomic E-state index is -0.958. The number of carbonyl (C=O) groups excluding carboxylic acids is 3. The summed E-state index contributed by atoms with van der Waals surface area (Å²) >= 11 is 0.803. The predicted octanol–water partition coefficient (Wildman–Crippen LogP) is 3.46. The average molecular weight is 363 g/mol. The van der Waals surface area contributed by atoms with E-state index in [1.807, 2.05) is 26.0 Å². The summed E-state index contributed by atoms with van der Waals surface area (Å²) in [6, 6.07) is 6.31. The first kappa shape index (κ1) is 19.1. The quantitative estimate of drug-likeness (QED) is 0.569. The molecule has 1 aromatic carbocycles. The van der Waals surface area contributed by atoms with Crippen LogP contribution in [0.15, 0.2) is 29.2 Å². The number of ether oxygens (including phenoxy) is 2. The lowest BCUT2D eigenvalue weighted by Crippen LogP contribution is -2.42. The predicted molar refractivity (Wildman–Crippen MR) is 96.1 cm³/mol. The standard InChI is InChI=1S/C18H21NO5S/c1-5-23-17(21)12(4)19-16(20)15(25-18(19)22)10-13-8-6-7-9-14(13)24-11(2)3/h6-12H,5H2,1-4H3/b15-10-. The first-order valence-electron chi connectivity index (χ1n) is 8.04. The van der Waals surface area contributed by atoms with Gasteiger partial charge in [0.25, 0.3) is 11.1 Å². The molecule has 0 radical (unpaired) electrons. The fraction of sp³-hybridized carbons (Fsp3) is 0.389. The highest BCUT2D eigenvalue weighted by atomic mass is 32.2. The van der Waals surface area contributed by atoms with E-state index in [0.717, 1.165) is 16.7 Å². The molecule has 1 atom stereocenters. The third kappa shape index (κ3) is 4.42. The molecule has 0 aromatic heterocycles. The van der Waals surface area contributed by atoms with Gasteiger partial charge in [-0.1, -0.05) is 18.2 Å². The molecule has 0 spiro atoms. The zero-order valence-electron chi connectivity index (χ0n) is 14.6. The molecule has 1 heterocycles. The van der Waals surface area contributed by atoms with Crippen LogP contribution >= 0.6 is 11.8 Å². The number of para-hydroxylation sites is 1. The molecule has 1 aromatic rings. The van der Waals surface area contributed by atoms with E-state index >= 15 is 0 Å². The second-order valence-corrected chi connectivity index (χ2v) is 6.68. The van der Waals surface area contributed by atoms with Gasteiger partial charge < -0.3 is 9.47 Å². The molecule has 1 aliphatic rings. The van der Waals surface area contributed by atoms with E-state index in [0.29, 0.717) is 11.3 Å². The number of esters is 1. The van der Waals surface area contributed by atoms with E-state index in [1.54, 1.807) is 25.1 Å². The van der Waals surface area contributed by atoms with Crippen LogP contribution in [0.4, 0.5) is 4.79 Å². The highest BCUT2D eigenvalue weighted by Crippen LogP contribution is 2.35. The van der Waals surface area contributed by atoms with Gasteiger partial charge in [0.2, 0.25) is 0 Å². The van der Waals surface area contributed by atoms with Crippen molar-refractivity contribution in [1.82, 2.24) is 4.90 Å². The average Bonchev–Trinajstić information content (AvgIpc) is 2.82. The SMILES string of the molecule is CCOC(=O)C(C)N1C(=O)S/C(=C\c2ccccc2OC(C)C)C1=O. The molecule has 2 rings (SSSR count). The molecule has 25 heavy (non-hydrogen) atoms. The summed E-state index contributed by atoms with van der Waals surface area (Å²) in [5.74, 6) is -0.479. The van der Waals surface area contributed by atoms with Crippen molar-refractivity contribution < 1.29 is 23.9 Å². The summed E-state index contributed by atoms with van der Waals surface area (Å²) in [6.07, 6.45) is 1.59. The first-order chi connectivity index (χ1) is 11.8. The Labute approximate surface area is 151 Å². The lowest BCUT2D eigenvalue weighted by molar-refractivity contribution is -0.150. The van der Waals surface area contributed by atoms with Crippen LogP contribution in [0.2, 0.25) is 0 Å². The number of benzene rings is 1. The fourth-order valence-corrected chi connectivity index (χ4v) is 3.18. The van der Waals surface area contributed by atoms with Gasteiger partial charge in [0, 0.05) is 5.56 Å². The van der Waals surface area contributed by atoms with Gasteiger partial charge in [0.15, 0.2) is 0 Å². The molecule has 0 saturated carbocycles. The third-order valence-electron chi connectivity index (χ3n) is 3.41. The van der Waals surface area contributed by atoms with Crippen molar-refractivity contribution in [2.45, 2.75) is 39.8 Å². The summed E-state index contributed by atoms with van der Waals surface area (Å²) < 4.78 is 10.6. The Kier molecular flexibility index (Phi) is 6.25. The summed E-state index contributed by atoms with van der Waals surface area (Å²) in [7, 11) is 0. The van der Waals surface area contributed by atoms with Crippen molar-refractivity contribution in [1.29, 1.82) is 0 Å². The number of hydrogen-bond donors (Lipinski definition) is 0. The van der Waals surface area contributed by atoms with Gasteiger partial charge in [-0.05, 0) is 51.6 Å². The Hall–Kier alpha value is -2.28. The van der Waals surface area contributed by atoms with Crippen molar-refractivity contribution in [3.8, 4) is 5.75 Å². The largest absolute Gasteiger partial charge is 0.490 e. The Balaban J connectivity index is 2.28. The molecule has 1 fully saturated rings.